The summed E-state index contributed by atoms with van der Waals surface area (Å²) in [4.78, 5) is 0. The molecule has 0 heterocycles. The van der Waals surface area contributed by atoms with Gasteiger partial charge in [0.2, 0.25) is 0 Å². The molecular formula is C11H23F2NO. The molecule has 0 aromatic rings. The SMILES string of the molecule is CCCNC(C)CCCCOCC(F)F. The molecule has 0 aliphatic heterocycles. The third-order valence-electron chi connectivity index (χ3n) is 2.16. The van der Waals surface area contributed by atoms with Gasteiger partial charge in [-0.05, 0) is 39.2 Å². The van der Waals surface area contributed by atoms with Crippen molar-refractivity contribution in [2.45, 2.75) is 52.0 Å². The minimum Gasteiger partial charge on any atom is -0.376 e. The second-order valence-electron chi connectivity index (χ2n) is 3.82. The lowest BCUT2D eigenvalue weighted by Gasteiger charge is -2.12. The number of rotatable bonds is 10. The standard InChI is InChI=1S/C11H23F2NO/c1-3-7-14-10(2)6-4-5-8-15-9-11(12)13/h10-11,14H,3-9H2,1-2H3. The highest BCUT2D eigenvalue weighted by atomic mass is 19.3. The molecule has 0 radical (unpaired) electrons. The molecule has 0 amide bonds. The van der Waals surface area contributed by atoms with E-state index in [9.17, 15) is 8.78 Å². The highest BCUT2D eigenvalue weighted by molar-refractivity contribution is 4.59. The van der Waals surface area contributed by atoms with Gasteiger partial charge in [-0.3, -0.25) is 0 Å². The van der Waals surface area contributed by atoms with Crippen LogP contribution in [0.4, 0.5) is 8.78 Å². The number of nitrogens with one attached hydrogen (secondary N) is 1. The first-order valence-corrected chi connectivity index (χ1v) is 5.76. The molecule has 0 spiro atoms. The van der Waals surface area contributed by atoms with E-state index in [1.165, 1.54) is 0 Å². The first-order chi connectivity index (χ1) is 7.16. The number of hydrogen-bond donors (Lipinski definition) is 1. The second-order valence-corrected chi connectivity index (χ2v) is 3.82. The van der Waals surface area contributed by atoms with Gasteiger partial charge < -0.3 is 10.1 Å². The highest BCUT2D eigenvalue weighted by Gasteiger charge is 2.02. The molecule has 1 atom stereocenters. The van der Waals surface area contributed by atoms with Gasteiger partial charge >= 0.3 is 0 Å². The molecule has 92 valence electrons. The van der Waals surface area contributed by atoms with E-state index < -0.39 is 13.0 Å². The lowest BCUT2D eigenvalue weighted by molar-refractivity contribution is 0.0161. The van der Waals surface area contributed by atoms with Crippen LogP contribution in [0.2, 0.25) is 0 Å². The molecule has 2 nitrogen and oxygen atoms in total. The van der Waals surface area contributed by atoms with Gasteiger partial charge in [-0.15, -0.1) is 0 Å². The Labute approximate surface area is 91.4 Å². The molecule has 0 aliphatic rings. The minimum atomic E-state index is -2.34. The van der Waals surface area contributed by atoms with E-state index >= 15 is 0 Å². The number of alkyl halides is 2. The van der Waals surface area contributed by atoms with Gasteiger partial charge in [0.05, 0.1) is 0 Å². The fraction of sp³-hybridized carbons (Fsp3) is 1.00. The summed E-state index contributed by atoms with van der Waals surface area (Å²) >= 11 is 0. The molecule has 0 saturated heterocycles. The Kier molecular flexibility index (Phi) is 10.2. The Hall–Kier alpha value is -0.220. The number of unbranched alkanes of at least 4 members (excludes halogenated alkanes) is 1. The molecule has 1 unspecified atom stereocenters. The predicted octanol–water partition coefficient (Wildman–Crippen LogP) is 2.83. The summed E-state index contributed by atoms with van der Waals surface area (Å²) in [5, 5.41) is 3.38. The van der Waals surface area contributed by atoms with Crippen LogP contribution in [0.5, 0.6) is 0 Å². The van der Waals surface area contributed by atoms with Crippen LogP contribution in [0.25, 0.3) is 0 Å². The lowest BCUT2D eigenvalue weighted by atomic mass is 10.1. The maximum absolute atomic E-state index is 11.7. The van der Waals surface area contributed by atoms with E-state index in [1.807, 2.05) is 0 Å². The van der Waals surface area contributed by atoms with Crippen molar-refractivity contribution < 1.29 is 13.5 Å². The van der Waals surface area contributed by atoms with Gasteiger partial charge in [0, 0.05) is 12.6 Å². The van der Waals surface area contributed by atoms with Crippen molar-refractivity contribution in [3.63, 3.8) is 0 Å². The van der Waals surface area contributed by atoms with Crippen LogP contribution in [0.3, 0.4) is 0 Å². The van der Waals surface area contributed by atoms with Crippen LogP contribution in [-0.2, 0) is 4.74 Å². The Morgan fingerprint density at radius 3 is 2.60 bits per heavy atom. The van der Waals surface area contributed by atoms with Crippen LogP contribution in [0.1, 0.15) is 39.5 Å². The summed E-state index contributed by atoms with van der Waals surface area (Å²) in [5.41, 5.74) is 0. The van der Waals surface area contributed by atoms with Gasteiger partial charge in [-0.2, -0.15) is 0 Å². The maximum Gasteiger partial charge on any atom is 0.261 e. The average Bonchev–Trinajstić information content (AvgIpc) is 2.19. The summed E-state index contributed by atoms with van der Waals surface area (Å²) in [7, 11) is 0. The van der Waals surface area contributed by atoms with E-state index in [1.54, 1.807) is 0 Å². The minimum absolute atomic E-state index is 0.427. The smallest absolute Gasteiger partial charge is 0.261 e. The summed E-state index contributed by atoms with van der Waals surface area (Å²) in [6.07, 6.45) is 1.78. The van der Waals surface area contributed by atoms with Crippen molar-refractivity contribution >= 4 is 0 Å². The van der Waals surface area contributed by atoms with Crippen molar-refractivity contribution in [2.24, 2.45) is 0 Å². The Morgan fingerprint density at radius 1 is 1.27 bits per heavy atom. The van der Waals surface area contributed by atoms with Gasteiger partial charge in [-0.25, -0.2) is 8.78 Å². The Bertz CT molecular complexity index is 134. The van der Waals surface area contributed by atoms with Crippen molar-refractivity contribution in [1.82, 2.24) is 5.32 Å². The third kappa shape index (κ3) is 11.7. The second kappa shape index (κ2) is 10.3. The van der Waals surface area contributed by atoms with Crippen molar-refractivity contribution in [2.75, 3.05) is 19.8 Å². The van der Waals surface area contributed by atoms with Crippen LogP contribution in [0.15, 0.2) is 0 Å². The molecule has 0 rings (SSSR count). The first kappa shape index (κ1) is 14.8. The summed E-state index contributed by atoms with van der Waals surface area (Å²) in [6.45, 7) is 5.35. The molecule has 0 fully saturated rings. The van der Waals surface area contributed by atoms with Crippen LogP contribution in [0, 0.1) is 0 Å². The van der Waals surface area contributed by atoms with E-state index in [4.69, 9.17) is 4.74 Å². The molecule has 0 aliphatic carbocycles. The largest absolute Gasteiger partial charge is 0.376 e. The van der Waals surface area contributed by atoms with E-state index in [0.29, 0.717) is 12.6 Å². The first-order valence-electron chi connectivity index (χ1n) is 5.76. The molecule has 4 heteroatoms. The maximum atomic E-state index is 11.7. The zero-order chi connectivity index (χ0) is 11.5. The fourth-order valence-corrected chi connectivity index (χ4v) is 1.32. The summed E-state index contributed by atoms with van der Waals surface area (Å²) in [6, 6.07) is 0.514. The molecule has 0 aromatic heterocycles. The molecule has 0 bridgehead atoms. The number of hydrogen-bond acceptors (Lipinski definition) is 2. The zero-order valence-corrected chi connectivity index (χ0v) is 9.77. The quantitative estimate of drug-likeness (QED) is 0.575. The van der Waals surface area contributed by atoms with Gasteiger partial charge in [-0.1, -0.05) is 6.92 Å². The highest BCUT2D eigenvalue weighted by Crippen LogP contribution is 2.02. The molecule has 0 aromatic carbocycles. The third-order valence-corrected chi connectivity index (χ3v) is 2.16. The van der Waals surface area contributed by atoms with Crippen molar-refractivity contribution in [3.05, 3.63) is 0 Å². The molecule has 15 heavy (non-hydrogen) atoms. The predicted molar refractivity (Wildman–Crippen MR) is 58.4 cm³/mol. The van der Waals surface area contributed by atoms with Crippen LogP contribution in [-0.4, -0.2) is 32.2 Å². The van der Waals surface area contributed by atoms with Crippen molar-refractivity contribution in [1.29, 1.82) is 0 Å². The average molecular weight is 223 g/mol. The van der Waals surface area contributed by atoms with E-state index in [0.717, 1.165) is 32.2 Å². The fourth-order valence-electron chi connectivity index (χ4n) is 1.32. The van der Waals surface area contributed by atoms with Crippen LogP contribution >= 0.6 is 0 Å². The Morgan fingerprint density at radius 2 is 2.00 bits per heavy atom. The number of ether oxygens (including phenoxy) is 1. The molecular weight excluding hydrogens is 200 g/mol. The normalized spacial score (nSPS) is 13.4. The van der Waals surface area contributed by atoms with Gasteiger partial charge in [0.15, 0.2) is 0 Å². The monoisotopic (exact) mass is 223 g/mol. The topological polar surface area (TPSA) is 21.3 Å². The van der Waals surface area contributed by atoms with Crippen molar-refractivity contribution in [3.8, 4) is 0 Å². The lowest BCUT2D eigenvalue weighted by Crippen LogP contribution is -2.26. The van der Waals surface area contributed by atoms with E-state index in [2.05, 4.69) is 19.2 Å². The summed E-state index contributed by atoms with van der Waals surface area (Å²) in [5.74, 6) is 0. The van der Waals surface area contributed by atoms with Gasteiger partial charge in [0.25, 0.3) is 6.43 Å². The Balaban J connectivity index is 3.09. The van der Waals surface area contributed by atoms with E-state index in [-0.39, 0.29) is 0 Å². The van der Waals surface area contributed by atoms with Gasteiger partial charge in [0.1, 0.15) is 6.61 Å². The van der Waals surface area contributed by atoms with Crippen LogP contribution < -0.4 is 5.32 Å². The molecule has 0 saturated carbocycles. The molecule has 1 N–H and O–H groups in total. The number of halogens is 2. The zero-order valence-electron chi connectivity index (χ0n) is 9.77. The summed E-state index contributed by atoms with van der Waals surface area (Å²) < 4.78 is 28.1.